The second kappa shape index (κ2) is 8.27. The highest BCUT2D eigenvalue weighted by Crippen LogP contribution is 2.32. The molecule has 3 heterocycles. The number of pyridine rings is 2. The first-order chi connectivity index (χ1) is 15.7. The number of nitrogens with zero attached hydrogens (tertiary/aromatic N) is 4. The van der Waals surface area contributed by atoms with Crippen LogP contribution in [-0.2, 0) is 0 Å². The second-order valence-corrected chi connectivity index (χ2v) is 6.96. The van der Waals surface area contributed by atoms with Gasteiger partial charge < -0.3 is 15.8 Å². The Bertz CT molecular complexity index is 1410. The maximum atomic E-state index is 14.8. The predicted molar refractivity (Wildman–Crippen MR) is 121 cm³/mol. The van der Waals surface area contributed by atoms with E-state index < -0.39 is 5.82 Å². The summed E-state index contributed by atoms with van der Waals surface area (Å²) < 4.78 is 20.7. The molecular weight excluding hydrogens is 407 g/mol. The van der Waals surface area contributed by atoms with Crippen LogP contribution in [0, 0.1) is 5.82 Å². The molecule has 0 saturated carbocycles. The molecule has 7 nitrogen and oxygen atoms in total. The fraction of sp³-hybridized carbons (Fsp3) is 0. The number of hydrogen-bond donors (Lipinski definition) is 2. The minimum absolute atomic E-state index is 0.0970. The molecule has 0 radical (unpaired) electrons. The van der Waals surface area contributed by atoms with Crippen LogP contribution in [0.4, 0.5) is 21.8 Å². The lowest BCUT2D eigenvalue weighted by Gasteiger charge is -2.12. The number of rotatable bonds is 5. The number of ether oxygens (including phenoxy) is 1. The number of nitrogens with two attached hydrogens (primary N) is 1. The number of aromatic nitrogens is 4. The van der Waals surface area contributed by atoms with E-state index in [1.54, 1.807) is 55.1 Å². The smallest absolute Gasteiger partial charge is 0.222 e. The van der Waals surface area contributed by atoms with Crippen molar-refractivity contribution in [1.82, 2.24) is 19.9 Å². The highest BCUT2D eigenvalue weighted by molar-refractivity contribution is 5.87. The SMILES string of the molecule is Nc1nc(Nc2ccc(Oc3cccc4cnccc34)c(F)c2)cc(-c2cccnc2)n1. The fourth-order valence-electron chi connectivity index (χ4n) is 3.30. The molecule has 0 bridgehead atoms. The summed E-state index contributed by atoms with van der Waals surface area (Å²) in [5.41, 5.74) is 7.75. The third-order valence-corrected chi connectivity index (χ3v) is 4.77. The van der Waals surface area contributed by atoms with E-state index in [9.17, 15) is 4.39 Å². The van der Waals surface area contributed by atoms with E-state index in [0.29, 0.717) is 22.9 Å². The third-order valence-electron chi connectivity index (χ3n) is 4.77. The predicted octanol–water partition coefficient (Wildman–Crippen LogP) is 5.34. The van der Waals surface area contributed by atoms with Crippen LogP contribution in [0.5, 0.6) is 11.5 Å². The third kappa shape index (κ3) is 4.01. The van der Waals surface area contributed by atoms with Gasteiger partial charge in [0.1, 0.15) is 11.6 Å². The van der Waals surface area contributed by atoms with E-state index in [1.165, 1.54) is 6.07 Å². The standard InChI is InChI=1S/C24H17FN6O/c25-19-11-17(29-23-12-20(30-24(26)31-23)16-4-2-9-27-14-16)6-7-22(19)32-21-5-1-3-15-13-28-10-8-18(15)21/h1-14H,(H3,26,29,30,31). The number of halogens is 1. The van der Waals surface area contributed by atoms with Crippen LogP contribution in [0.1, 0.15) is 0 Å². The first-order valence-corrected chi connectivity index (χ1v) is 9.78. The van der Waals surface area contributed by atoms with Gasteiger partial charge in [0, 0.05) is 58.9 Å². The number of benzene rings is 2. The van der Waals surface area contributed by atoms with Gasteiger partial charge in [-0.1, -0.05) is 12.1 Å². The summed E-state index contributed by atoms with van der Waals surface area (Å²) in [4.78, 5) is 16.6. The Kier molecular flexibility index (Phi) is 5.01. The molecule has 0 aliphatic carbocycles. The van der Waals surface area contributed by atoms with Crippen LogP contribution in [-0.4, -0.2) is 19.9 Å². The average molecular weight is 424 g/mol. The zero-order chi connectivity index (χ0) is 21.9. The van der Waals surface area contributed by atoms with Crippen molar-refractivity contribution in [1.29, 1.82) is 0 Å². The largest absolute Gasteiger partial charge is 0.454 e. The summed E-state index contributed by atoms with van der Waals surface area (Å²) in [6, 6.07) is 17.4. The summed E-state index contributed by atoms with van der Waals surface area (Å²) in [6.45, 7) is 0. The molecule has 3 N–H and O–H groups in total. The van der Waals surface area contributed by atoms with Gasteiger partial charge in [0.25, 0.3) is 0 Å². The van der Waals surface area contributed by atoms with Gasteiger partial charge in [-0.15, -0.1) is 0 Å². The molecule has 8 heteroatoms. The molecule has 0 spiro atoms. The lowest BCUT2D eigenvalue weighted by Crippen LogP contribution is -2.02. The zero-order valence-electron chi connectivity index (χ0n) is 16.7. The van der Waals surface area contributed by atoms with Crippen molar-refractivity contribution < 1.29 is 9.13 Å². The first-order valence-electron chi connectivity index (χ1n) is 9.78. The minimum atomic E-state index is -0.518. The Hall–Kier alpha value is -4.59. The quantitative estimate of drug-likeness (QED) is 0.393. The molecule has 0 fully saturated rings. The minimum Gasteiger partial charge on any atom is -0.454 e. The van der Waals surface area contributed by atoms with Gasteiger partial charge in [0.05, 0.1) is 5.69 Å². The molecule has 0 atom stereocenters. The maximum Gasteiger partial charge on any atom is 0.222 e. The molecule has 0 amide bonds. The molecular formula is C24H17FN6O. The molecule has 0 saturated heterocycles. The fourth-order valence-corrected chi connectivity index (χ4v) is 3.30. The number of nitrogens with one attached hydrogen (secondary N) is 1. The van der Waals surface area contributed by atoms with Crippen molar-refractivity contribution in [2.75, 3.05) is 11.1 Å². The molecule has 5 rings (SSSR count). The Morgan fingerprint density at radius 2 is 1.75 bits per heavy atom. The zero-order valence-corrected chi connectivity index (χ0v) is 16.7. The van der Waals surface area contributed by atoms with Crippen LogP contribution < -0.4 is 15.8 Å². The monoisotopic (exact) mass is 424 g/mol. The van der Waals surface area contributed by atoms with Crippen LogP contribution in [0.3, 0.4) is 0 Å². The molecule has 3 aromatic heterocycles. The Morgan fingerprint density at radius 1 is 0.844 bits per heavy atom. The number of hydrogen-bond acceptors (Lipinski definition) is 7. The van der Waals surface area contributed by atoms with Crippen molar-refractivity contribution in [2.24, 2.45) is 0 Å². The van der Waals surface area contributed by atoms with Gasteiger partial charge in [0.15, 0.2) is 11.6 Å². The van der Waals surface area contributed by atoms with Gasteiger partial charge in [-0.05, 0) is 36.4 Å². The normalized spacial score (nSPS) is 10.8. The van der Waals surface area contributed by atoms with E-state index in [2.05, 4.69) is 25.3 Å². The maximum absolute atomic E-state index is 14.8. The summed E-state index contributed by atoms with van der Waals surface area (Å²) in [5.74, 6) is 0.675. The molecule has 156 valence electrons. The van der Waals surface area contributed by atoms with Crippen molar-refractivity contribution >= 4 is 28.2 Å². The lowest BCUT2D eigenvalue weighted by atomic mass is 10.1. The van der Waals surface area contributed by atoms with E-state index in [0.717, 1.165) is 16.3 Å². The number of fused-ring (bicyclic) bond motifs is 1. The topological polar surface area (TPSA) is 98.8 Å². The van der Waals surface area contributed by atoms with E-state index >= 15 is 0 Å². The van der Waals surface area contributed by atoms with Gasteiger partial charge in [-0.2, -0.15) is 4.98 Å². The van der Waals surface area contributed by atoms with Crippen LogP contribution in [0.15, 0.2) is 85.5 Å². The number of anilines is 3. The summed E-state index contributed by atoms with van der Waals surface area (Å²) in [6.07, 6.45) is 6.76. The molecule has 5 aromatic rings. The lowest BCUT2D eigenvalue weighted by molar-refractivity contribution is 0.447. The van der Waals surface area contributed by atoms with Crippen molar-refractivity contribution in [2.45, 2.75) is 0 Å². The summed E-state index contributed by atoms with van der Waals surface area (Å²) >= 11 is 0. The Balaban J connectivity index is 1.40. The molecule has 0 unspecified atom stereocenters. The molecule has 32 heavy (non-hydrogen) atoms. The summed E-state index contributed by atoms with van der Waals surface area (Å²) in [5, 5.41) is 4.82. The molecule has 2 aromatic carbocycles. The average Bonchev–Trinajstić information content (AvgIpc) is 2.81. The second-order valence-electron chi connectivity index (χ2n) is 6.96. The van der Waals surface area contributed by atoms with Crippen molar-refractivity contribution in [3.8, 4) is 22.8 Å². The first kappa shape index (κ1) is 19.4. The van der Waals surface area contributed by atoms with Crippen LogP contribution in [0.2, 0.25) is 0 Å². The van der Waals surface area contributed by atoms with Crippen LogP contribution >= 0.6 is 0 Å². The van der Waals surface area contributed by atoms with E-state index in [1.807, 2.05) is 24.3 Å². The van der Waals surface area contributed by atoms with E-state index in [4.69, 9.17) is 10.5 Å². The Labute approximate surface area is 182 Å². The van der Waals surface area contributed by atoms with Gasteiger partial charge >= 0.3 is 0 Å². The molecule has 0 aliphatic heterocycles. The number of nitrogen functional groups attached to an aromatic ring is 1. The van der Waals surface area contributed by atoms with Crippen molar-refractivity contribution in [3.63, 3.8) is 0 Å². The highest BCUT2D eigenvalue weighted by Gasteiger charge is 2.11. The van der Waals surface area contributed by atoms with Gasteiger partial charge in [0.2, 0.25) is 5.95 Å². The van der Waals surface area contributed by atoms with E-state index in [-0.39, 0.29) is 11.7 Å². The van der Waals surface area contributed by atoms with Gasteiger partial charge in [-0.25, -0.2) is 9.37 Å². The molecule has 0 aliphatic rings. The van der Waals surface area contributed by atoms with Crippen molar-refractivity contribution in [3.05, 3.63) is 91.3 Å². The van der Waals surface area contributed by atoms with Crippen LogP contribution in [0.25, 0.3) is 22.0 Å². The summed E-state index contributed by atoms with van der Waals surface area (Å²) in [7, 11) is 0. The Morgan fingerprint density at radius 3 is 2.59 bits per heavy atom. The van der Waals surface area contributed by atoms with Gasteiger partial charge in [-0.3, -0.25) is 9.97 Å². The highest BCUT2D eigenvalue weighted by atomic mass is 19.1.